The van der Waals surface area contributed by atoms with E-state index in [2.05, 4.69) is 30.9 Å². The fraction of sp³-hybridized carbons (Fsp3) is 0.875. The molecule has 114 valence electrons. The second-order valence-corrected chi connectivity index (χ2v) is 6.65. The summed E-state index contributed by atoms with van der Waals surface area (Å²) < 4.78 is 5.37. The largest absolute Gasteiger partial charge is 0.339 e. The van der Waals surface area contributed by atoms with Crippen LogP contribution in [0.5, 0.6) is 0 Å². The molecule has 1 aliphatic carbocycles. The molecule has 1 aromatic rings. The minimum atomic E-state index is 0.143. The molecule has 1 atom stereocenters. The molecule has 1 unspecified atom stereocenters. The fourth-order valence-corrected chi connectivity index (χ4v) is 3.26. The van der Waals surface area contributed by atoms with Gasteiger partial charge >= 0.3 is 0 Å². The lowest BCUT2D eigenvalue weighted by atomic mass is 9.77. The van der Waals surface area contributed by atoms with Gasteiger partial charge in [0, 0.05) is 18.4 Å². The standard InChI is InChI=1S/C16H29N3O/c1-4-5-14(17)10-15-18-16(19-20-15)13-8-6-12(7-9-13)11(2)3/h11-14H,4-10,17H2,1-3H3. The van der Waals surface area contributed by atoms with Crippen LogP contribution in [0.3, 0.4) is 0 Å². The first-order valence-electron chi connectivity index (χ1n) is 8.18. The van der Waals surface area contributed by atoms with E-state index in [1.54, 1.807) is 0 Å². The lowest BCUT2D eigenvalue weighted by molar-refractivity contribution is 0.251. The van der Waals surface area contributed by atoms with Crippen LogP contribution in [-0.2, 0) is 6.42 Å². The summed E-state index contributed by atoms with van der Waals surface area (Å²) in [5.74, 6) is 3.78. The molecule has 0 saturated heterocycles. The van der Waals surface area contributed by atoms with Crippen molar-refractivity contribution in [1.29, 1.82) is 0 Å². The van der Waals surface area contributed by atoms with Crippen LogP contribution in [0.2, 0.25) is 0 Å². The molecule has 0 spiro atoms. The van der Waals surface area contributed by atoms with Gasteiger partial charge in [-0.05, 0) is 43.9 Å². The van der Waals surface area contributed by atoms with Crippen molar-refractivity contribution in [1.82, 2.24) is 10.1 Å². The average Bonchev–Trinajstić information content (AvgIpc) is 2.87. The number of hydrogen-bond donors (Lipinski definition) is 1. The van der Waals surface area contributed by atoms with Crippen molar-refractivity contribution in [2.24, 2.45) is 17.6 Å². The zero-order valence-electron chi connectivity index (χ0n) is 13.1. The second kappa shape index (κ2) is 7.21. The summed E-state index contributed by atoms with van der Waals surface area (Å²) >= 11 is 0. The van der Waals surface area contributed by atoms with Crippen molar-refractivity contribution < 1.29 is 4.52 Å². The van der Waals surface area contributed by atoms with Crippen molar-refractivity contribution in [2.45, 2.75) is 77.7 Å². The van der Waals surface area contributed by atoms with Crippen molar-refractivity contribution in [3.8, 4) is 0 Å². The summed E-state index contributed by atoms with van der Waals surface area (Å²) in [5, 5.41) is 4.18. The fourth-order valence-electron chi connectivity index (χ4n) is 3.26. The Morgan fingerprint density at radius 2 is 1.95 bits per heavy atom. The van der Waals surface area contributed by atoms with Gasteiger partial charge in [-0.2, -0.15) is 4.98 Å². The van der Waals surface area contributed by atoms with E-state index >= 15 is 0 Å². The van der Waals surface area contributed by atoms with Gasteiger partial charge in [0.1, 0.15) is 0 Å². The van der Waals surface area contributed by atoms with E-state index in [9.17, 15) is 0 Å². The minimum absolute atomic E-state index is 0.143. The zero-order chi connectivity index (χ0) is 14.5. The molecule has 1 fully saturated rings. The van der Waals surface area contributed by atoms with Crippen LogP contribution in [-0.4, -0.2) is 16.2 Å². The van der Waals surface area contributed by atoms with Gasteiger partial charge < -0.3 is 10.3 Å². The number of rotatable bonds is 6. The highest BCUT2D eigenvalue weighted by Crippen LogP contribution is 2.37. The normalized spacial score (nSPS) is 25.1. The second-order valence-electron chi connectivity index (χ2n) is 6.65. The maximum atomic E-state index is 6.03. The summed E-state index contributed by atoms with van der Waals surface area (Å²) in [4.78, 5) is 4.57. The Labute approximate surface area is 122 Å². The number of nitrogens with zero attached hydrogens (tertiary/aromatic N) is 2. The molecular formula is C16H29N3O. The molecule has 0 radical (unpaired) electrons. The lowest BCUT2D eigenvalue weighted by Crippen LogP contribution is -2.22. The zero-order valence-corrected chi connectivity index (χ0v) is 13.1. The summed E-state index contributed by atoms with van der Waals surface area (Å²) in [6.07, 6.45) is 7.80. The van der Waals surface area contributed by atoms with E-state index in [4.69, 9.17) is 10.3 Å². The number of nitrogens with two attached hydrogens (primary N) is 1. The van der Waals surface area contributed by atoms with Gasteiger partial charge in [0.15, 0.2) is 5.82 Å². The predicted molar refractivity (Wildman–Crippen MR) is 80.4 cm³/mol. The van der Waals surface area contributed by atoms with E-state index in [0.29, 0.717) is 18.2 Å². The summed E-state index contributed by atoms with van der Waals surface area (Å²) in [6, 6.07) is 0.143. The molecule has 1 heterocycles. The highest BCUT2D eigenvalue weighted by atomic mass is 16.5. The Morgan fingerprint density at radius 3 is 2.55 bits per heavy atom. The van der Waals surface area contributed by atoms with Crippen LogP contribution in [0.25, 0.3) is 0 Å². The first-order valence-corrected chi connectivity index (χ1v) is 8.18. The molecule has 4 heteroatoms. The van der Waals surface area contributed by atoms with Crippen LogP contribution < -0.4 is 5.73 Å². The minimum Gasteiger partial charge on any atom is -0.339 e. The SMILES string of the molecule is CCCC(N)Cc1nc(C2CCC(C(C)C)CC2)no1. The molecule has 0 aliphatic heterocycles. The first-order chi connectivity index (χ1) is 9.60. The molecule has 20 heavy (non-hydrogen) atoms. The molecule has 1 saturated carbocycles. The molecule has 4 nitrogen and oxygen atoms in total. The van der Waals surface area contributed by atoms with Crippen LogP contribution >= 0.6 is 0 Å². The Morgan fingerprint density at radius 1 is 1.25 bits per heavy atom. The Kier molecular flexibility index (Phi) is 5.58. The number of hydrogen-bond acceptors (Lipinski definition) is 4. The topological polar surface area (TPSA) is 64.9 Å². The molecular weight excluding hydrogens is 250 g/mol. The molecule has 0 aromatic carbocycles. The van der Waals surface area contributed by atoms with Gasteiger partial charge in [-0.1, -0.05) is 32.3 Å². The molecule has 1 aromatic heterocycles. The maximum Gasteiger partial charge on any atom is 0.228 e. The van der Waals surface area contributed by atoms with Crippen molar-refractivity contribution >= 4 is 0 Å². The number of aromatic nitrogens is 2. The summed E-state index contributed by atoms with van der Waals surface area (Å²) in [5.41, 5.74) is 6.03. The monoisotopic (exact) mass is 279 g/mol. The predicted octanol–water partition coefficient (Wildman–Crippen LogP) is 3.67. The third kappa shape index (κ3) is 4.05. The average molecular weight is 279 g/mol. The molecule has 0 amide bonds. The van der Waals surface area contributed by atoms with Crippen molar-refractivity contribution in [2.75, 3.05) is 0 Å². The van der Waals surface area contributed by atoms with E-state index in [1.165, 1.54) is 25.7 Å². The van der Waals surface area contributed by atoms with Gasteiger partial charge in [-0.15, -0.1) is 0 Å². The van der Waals surface area contributed by atoms with E-state index in [-0.39, 0.29) is 6.04 Å². The lowest BCUT2D eigenvalue weighted by Gasteiger charge is -2.29. The van der Waals surface area contributed by atoms with Crippen LogP contribution in [0.15, 0.2) is 4.52 Å². The molecule has 2 N–H and O–H groups in total. The first kappa shape index (κ1) is 15.5. The van der Waals surface area contributed by atoms with E-state index < -0.39 is 0 Å². The highest BCUT2D eigenvalue weighted by Gasteiger charge is 2.27. The van der Waals surface area contributed by atoms with E-state index in [1.807, 2.05) is 0 Å². The molecule has 2 rings (SSSR count). The van der Waals surface area contributed by atoms with Crippen LogP contribution in [0.4, 0.5) is 0 Å². The summed E-state index contributed by atoms with van der Waals surface area (Å²) in [6.45, 7) is 6.80. The smallest absolute Gasteiger partial charge is 0.228 e. The highest BCUT2D eigenvalue weighted by molar-refractivity contribution is 4.98. The van der Waals surface area contributed by atoms with Gasteiger partial charge in [-0.25, -0.2) is 0 Å². The maximum absolute atomic E-state index is 6.03. The summed E-state index contributed by atoms with van der Waals surface area (Å²) in [7, 11) is 0. The Bertz CT molecular complexity index is 394. The van der Waals surface area contributed by atoms with E-state index in [0.717, 1.165) is 30.5 Å². The Balaban J connectivity index is 1.87. The van der Waals surface area contributed by atoms with Crippen molar-refractivity contribution in [3.63, 3.8) is 0 Å². The van der Waals surface area contributed by atoms with Gasteiger partial charge in [-0.3, -0.25) is 0 Å². The quantitative estimate of drug-likeness (QED) is 0.863. The third-order valence-corrected chi connectivity index (χ3v) is 4.66. The van der Waals surface area contributed by atoms with Crippen molar-refractivity contribution in [3.05, 3.63) is 11.7 Å². The van der Waals surface area contributed by atoms with Gasteiger partial charge in [0.25, 0.3) is 0 Å². The third-order valence-electron chi connectivity index (χ3n) is 4.66. The van der Waals surface area contributed by atoms with Crippen LogP contribution in [0.1, 0.15) is 76.9 Å². The Hall–Kier alpha value is -0.900. The van der Waals surface area contributed by atoms with Gasteiger partial charge in [0.2, 0.25) is 5.89 Å². The molecule has 1 aliphatic rings. The van der Waals surface area contributed by atoms with Crippen LogP contribution in [0, 0.1) is 11.8 Å². The molecule has 0 bridgehead atoms. The van der Waals surface area contributed by atoms with Gasteiger partial charge in [0.05, 0.1) is 0 Å².